The first kappa shape index (κ1) is 22.5. The molecule has 0 heterocycles. The first-order valence-corrected chi connectivity index (χ1v) is 10.1. The molecule has 29 heavy (non-hydrogen) atoms. The van der Waals surface area contributed by atoms with Gasteiger partial charge >= 0.3 is 0 Å². The van der Waals surface area contributed by atoms with Gasteiger partial charge in [-0.25, -0.2) is 0 Å². The summed E-state index contributed by atoms with van der Waals surface area (Å²) in [5.74, 6) is 1.11. The van der Waals surface area contributed by atoms with Crippen LogP contribution >= 0.6 is 0 Å². The lowest BCUT2D eigenvalue weighted by molar-refractivity contribution is -0.122. The van der Waals surface area contributed by atoms with Gasteiger partial charge in [-0.15, -0.1) is 0 Å². The van der Waals surface area contributed by atoms with E-state index >= 15 is 0 Å². The van der Waals surface area contributed by atoms with E-state index in [1.807, 2.05) is 32.9 Å². The predicted octanol–water partition coefficient (Wildman–Crippen LogP) is 5.51. The third-order valence-corrected chi connectivity index (χ3v) is 4.49. The Labute approximate surface area is 173 Å². The summed E-state index contributed by atoms with van der Waals surface area (Å²) in [6.45, 7) is 11.9. The summed E-state index contributed by atoms with van der Waals surface area (Å²) in [7, 11) is 0. The summed E-state index contributed by atoms with van der Waals surface area (Å²) in [5, 5.41) is 5.72. The zero-order chi connectivity index (χ0) is 21.6. The van der Waals surface area contributed by atoms with Crippen LogP contribution in [0.1, 0.15) is 58.1 Å². The number of aryl methyl sites for hydroxylation is 1. The van der Waals surface area contributed by atoms with Gasteiger partial charge in [-0.1, -0.05) is 39.8 Å². The molecule has 0 aliphatic rings. The molecule has 0 spiro atoms. The van der Waals surface area contributed by atoms with Gasteiger partial charge in [-0.3, -0.25) is 9.59 Å². The van der Waals surface area contributed by atoms with Crippen molar-refractivity contribution >= 4 is 23.2 Å². The van der Waals surface area contributed by atoms with Crippen molar-refractivity contribution in [3.05, 3.63) is 53.6 Å². The van der Waals surface area contributed by atoms with E-state index in [1.54, 1.807) is 31.2 Å². The van der Waals surface area contributed by atoms with E-state index in [9.17, 15) is 9.59 Å². The van der Waals surface area contributed by atoms with E-state index in [1.165, 1.54) is 0 Å². The first-order chi connectivity index (χ1) is 13.7. The van der Waals surface area contributed by atoms with Crippen molar-refractivity contribution in [1.29, 1.82) is 0 Å². The molecule has 0 saturated carbocycles. The van der Waals surface area contributed by atoms with Gasteiger partial charge in [0.15, 0.2) is 6.10 Å². The zero-order valence-electron chi connectivity index (χ0n) is 18.2. The van der Waals surface area contributed by atoms with E-state index in [2.05, 4.69) is 30.5 Å². The Hall–Kier alpha value is -2.82. The quantitative estimate of drug-likeness (QED) is 0.618. The number of hydrogen-bond acceptors (Lipinski definition) is 3. The van der Waals surface area contributed by atoms with Crippen LogP contribution < -0.4 is 15.4 Å². The van der Waals surface area contributed by atoms with Crippen LogP contribution in [-0.2, 0) is 9.59 Å². The Morgan fingerprint density at radius 3 is 2.03 bits per heavy atom. The van der Waals surface area contributed by atoms with Crippen molar-refractivity contribution in [2.45, 2.75) is 60.0 Å². The zero-order valence-corrected chi connectivity index (χ0v) is 18.2. The number of benzene rings is 2. The summed E-state index contributed by atoms with van der Waals surface area (Å²) < 4.78 is 5.97. The van der Waals surface area contributed by atoms with Gasteiger partial charge in [0.2, 0.25) is 5.91 Å². The molecule has 5 heteroatoms. The lowest BCUT2D eigenvalue weighted by atomic mass is 10.0. The normalized spacial score (nSPS) is 12.0. The van der Waals surface area contributed by atoms with Gasteiger partial charge in [-0.2, -0.15) is 0 Å². The number of ether oxygens (including phenoxy) is 1. The fourth-order valence-electron chi connectivity index (χ4n) is 2.93. The van der Waals surface area contributed by atoms with E-state index in [0.717, 1.165) is 16.9 Å². The minimum absolute atomic E-state index is 0.0158. The van der Waals surface area contributed by atoms with Crippen LogP contribution in [0.5, 0.6) is 5.75 Å². The van der Waals surface area contributed by atoms with E-state index < -0.39 is 6.10 Å². The Morgan fingerprint density at radius 2 is 1.48 bits per heavy atom. The molecule has 0 aliphatic carbocycles. The largest absolute Gasteiger partial charge is 0.481 e. The molecule has 0 aromatic heterocycles. The number of rotatable bonds is 8. The number of carbonyl (C=O) groups is 2. The Kier molecular flexibility index (Phi) is 7.82. The summed E-state index contributed by atoms with van der Waals surface area (Å²) >= 11 is 0. The van der Waals surface area contributed by atoms with Crippen LogP contribution in [0, 0.1) is 12.8 Å². The third kappa shape index (κ3) is 6.93. The highest BCUT2D eigenvalue weighted by molar-refractivity contribution is 5.95. The molecule has 1 unspecified atom stereocenters. The molecule has 156 valence electrons. The van der Waals surface area contributed by atoms with Crippen LogP contribution in [0.25, 0.3) is 0 Å². The monoisotopic (exact) mass is 396 g/mol. The van der Waals surface area contributed by atoms with Gasteiger partial charge in [0.25, 0.3) is 5.91 Å². The average molecular weight is 397 g/mol. The predicted molar refractivity (Wildman–Crippen MR) is 119 cm³/mol. The summed E-state index contributed by atoms with van der Waals surface area (Å²) in [6, 6.07) is 13.1. The van der Waals surface area contributed by atoms with E-state index in [-0.39, 0.29) is 11.8 Å². The molecule has 2 rings (SSSR count). The number of carbonyl (C=O) groups excluding carboxylic acids is 2. The molecule has 0 aliphatic heterocycles. The smallest absolute Gasteiger partial charge is 0.265 e. The molecule has 2 aromatic carbocycles. The molecule has 0 saturated heterocycles. The van der Waals surface area contributed by atoms with E-state index in [4.69, 9.17) is 4.74 Å². The maximum Gasteiger partial charge on any atom is 0.265 e. The first-order valence-electron chi connectivity index (χ1n) is 10.1. The average Bonchev–Trinajstić information content (AvgIpc) is 2.62. The molecule has 2 N–H and O–H groups in total. The number of nitrogens with one attached hydrogen (secondary N) is 2. The van der Waals surface area contributed by atoms with Crippen LogP contribution in [-0.4, -0.2) is 17.9 Å². The van der Waals surface area contributed by atoms with Crippen LogP contribution in [0.15, 0.2) is 42.5 Å². The lowest BCUT2D eigenvalue weighted by Crippen LogP contribution is -2.30. The number of anilines is 2. The topological polar surface area (TPSA) is 67.4 Å². The van der Waals surface area contributed by atoms with Gasteiger partial charge in [0.05, 0.1) is 0 Å². The molecular formula is C24H32N2O3. The number of amides is 2. The van der Waals surface area contributed by atoms with Crippen LogP contribution in [0.2, 0.25) is 0 Å². The molecule has 1 atom stereocenters. The third-order valence-electron chi connectivity index (χ3n) is 4.49. The lowest BCUT2D eigenvalue weighted by Gasteiger charge is -2.19. The highest BCUT2D eigenvalue weighted by atomic mass is 16.5. The second kappa shape index (κ2) is 10.1. The molecular weight excluding hydrogens is 364 g/mol. The second-order valence-corrected chi connectivity index (χ2v) is 8.17. The molecule has 0 radical (unpaired) electrons. The fraction of sp³-hybridized carbons (Fsp3) is 0.417. The molecule has 0 bridgehead atoms. The van der Waals surface area contributed by atoms with Crippen LogP contribution in [0.4, 0.5) is 11.4 Å². The fourth-order valence-corrected chi connectivity index (χ4v) is 2.93. The standard InChI is InChI=1S/C24H32N2O3/c1-15(2)13-23(27)25-19-8-10-20(11-9-19)26-24(28)18(6)29-22-14-17(5)7-12-21(22)16(3)4/h7-12,14-16,18H,13H2,1-6H3,(H,25,27)(H,26,28). The van der Waals surface area contributed by atoms with Gasteiger partial charge < -0.3 is 15.4 Å². The maximum atomic E-state index is 12.6. The Bertz CT molecular complexity index is 842. The van der Waals surface area contributed by atoms with E-state index in [0.29, 0.717) is 29.6 Å². The van der Waals surface area contributed by atoms with Crippen molar-refractivity contribution in [2.75, 3.05) is 10.6 Å². The van der Waals surface area contributed by atoms with Crippen molar-refractivity contribution in [2.24, 2.45) is 5.92 Å². The highest BCUT2D eigenvalue weighted by Gasteiger charge is 2.18. The van der Waals surface area contributed by atoms with Crippen molar-refractivity contribution < 1.29 is 14.3 Å². The van der Waals surface area contributed by atoms with Gasteiger partial charge in [0.1, 0.15) is 5.75 Å². The molecule has 2 amide bonds. The molecule has 2 aromatic rings. The highest BCUT2D eigenvalue weighted by Crippen LogP contribution is 2.28. The van der Waals surface area contributed by atoms with Crippen LogP contribution in [0.3, 0.4) is 0 Å². The van der Waals surface area contributed by atoms with Crippen molar-refractivity contribution in [3.63, 3.8) is 0 Å². The summed E-state index contributed by atoms with van der Waals surface area (Å²) in [6.07, 6.45) is -0.162. The number of hydrogen-bond donors (Lipinski definition) is 2. The maximum absolute atomic E-state index is 12.6. The minimum atomic E-state index is -0.639. The second-order valence-electron chi connectivity index (χ2n) is 8.17. The minimum Gasteiger partial charge on any atom is -0.481 e. The summed E-state index contributed by atoms with van der Waals surface area (Å²) in [5.41, 5.74) is 3.53. The summed E-state index contributed by atoms with van der Waals surface area (Å²) in [4.78, 5) is 24.4. The van der Waals surface area contributed by atoms with Crippen molar-refractivity contribution in [1.82, 2.24) is 0 Å². The molecule has 0 fully saturated rings. The van der Waals surface area contributed by atoms with Gasteiger partial charge in [0, 0.05) is 17.8 Å². The SMILES string of the molecule is Cc1ccc(C(C)C)c(OC(C)C(=O)Nc2ccc(NC(=O)CC(C)C)cc2)c1. The van der Waals surface area contributed by atoms with Gasteiger partial charge in [-0.05, 0) is 67.1 Å². The molecule has 5 nitrogen and oxygen atoms in total. The van der Waals surface area contributed by atoms with Crippen molar-refractivity contribution in [3.8, 4) is 5.75 Å². The Balaban J connectivity index is 1.98. The Morgan fingerprint density at radius 1 is 0.897 bits per heavy atom.